The lowest BCUT2D eigenvalue weighted by Crippen LogP contribution is -2.15. The molecule has 2 heterocycles. The minimum atomic E-state index is -0.438. The number of rotatable bonds is 6. The second kappa shape index (κ2) is 8.34. The molecule has 0 aliphatic heterocycles. The summed E-state index contributed by atoms with van der Waals surface area (Å²) in [5.41, 5.74) is 0.901. The number of fused-ring (bicyclic) bond motifs is 1. The van der Waals surface area contributed by atoms with E-state index >= 15 is 0 Å². The van der Waals surface area contributed by atoms with Crippen LogP contribution in [0.5, 0.6) is 5.75 Å². The number of H-pyrrole nitrogens is 1. The number of nitrogens with one attached hydrogen (secondary N) is 3. The number of hydrogen-bond donors (Lipinski definition) is 3. The zero-order valence-corrected chi connectivity index (χ0v) is 16.7. The van der Waals surface area contributed by atoms with Crippen LogP contribution in [0.2, 0.25) is 0 Å². The van der Waals surface area contributed by atoms with E-state index < -0.39 is 11.7 Å². The highest BCUT2D eigenvalue weighted by molar-refractivity contribution is 7.20. The van der Waals surface area contributed by atoms with Gasteiger partial charge in [0.25, 0.3) is 5.91 Å². The van der Waals surface area contributed by atoms with Crippen molar-refractivity contribution in [3.05, 3.63) is 70.9 Å². The van der Waals surface area contributed by atoms with Crippen LogP contribution in [0.25, 0.3) is 10.2 Å². The molecule has 7 nitrogen and oxygen atoms in total. The maximum Gasteiger partial charge on any atom is 0.265 e. The van der Waals surface area contributed by atoms with E-state index in [1.807, 2.05) is 0 Å². The summed E-state index contributed by atoms with van der Waals surface area (Å²) >= 11 is 1.22. The van der Waals surface area contributed by atoms with Crippen molar-refractivity contribution in [3.63, 3.8) is 0 Å². The van der Waals surface area contributed by atoms with Crippen molar-refractivity contribution in [2.45, 2.75) is 6.42 Å². The Labute approximate surface area is 174 Å². The number of carbonyl (C=O) groups excluding carboxylic acids is 2. The predicted octanol–water partition coefficient (Wildman–Crippen LogP) is 4.21. The molecule has 0 unspecified atom stereocenters. The molecule has 2 amide bonds. The van der Waals surface area contributed by atoms with Crippen LogP contribution in [-0.2, 0) is 11.2 Å². The molecule has 0 spiro atoms. The number of anilines is 2. The topological polar surface area (TPSA) is 96.1 Å². The summed E-state index contributed by atoms with van der Waals surface area (Å²) in [5, 5.41) is 13.0. The highest BCUT2D eigenvalue weighted by Gasteiger charge is 2.17. The molecule has 4 rings (SSSR count). The number of thiophene rings is 1. The Bertz CT molecular complexity index is 1230. The van der Waals surface area contributed by atoms with E-state index in [0.29, 0.717) is 37.9 Å². The van der Waals surface area contributed by atoms with Crippen molar-refractivity contribution in [2.24, 2.45) is 0 Å². The van der Waals surface area contributed by atoms with Crippen molar-refractivity contribution in [1.29, 1.82) is 0 Å². The largest absolute Gasteiger partial charge is 0.497 e. The number of carbonyl (C=O) groups is 2. The summed E-state index contributed by atoms with van der Waals surface area (Å²) in [7, 11) is 1.55. The van der Waals surface area contributed by atoms with Crippen molar-refractivity contribution >= 4 is 44.9 Å². The molecule has 9 heteroatoms. The number of ether oxygens (including phenoxy) is 1. The van der Waals surface area contributed by atoms with Crippen LogP contribution >= 0.6 is 11.3 Å². The molecule has 0 bridgehead atoms. The Kier molecular flexibility index (Phi) is 5.44. The van der Waals surface area contributed by atoms with Crippen LogP contribution in [0, 0.1) is 5.82 Å². The van der Waals surface area contributed by atoms with E-state index in [9.17, 15) is 14.0 Å². The summed E-state index contributed by atoms with van der Waals surface area (Å²) in [5.74, 6) is -0.200. The van der Waals surface area contributed by atoms with Gasteiger partial charge in [-0.25, -0.2) is 4.39 Å². The fourth-order valence-electron chi connectivity index (χ4n) is 2.91. The first-order valence-corrected chi connectivity index (χ1v) is 9.81. The van der Waals surface area contributed by atoms with Crippen molar-refractivity contribution in [3.8, 4) is 5.75 Å². The molecular weight excluding hydrogens is 407 g/mol. The first kappa shape index (κ1) is 19.6. The van der Waals surface area contributed by atoms with E-state index in [1.165, 1.54) is 17.4 Å². The van der Waals surface area contributed by atoms with Gasteiger partial charge in [0.05, 0.1) is 23.8 Å². The lowest BCUT2D eigenvalue weighted by Gasteiger charge is -2.05. The highest BCUT2D eigenvalue weighted by Crippen LogP contribution is 2.30. The molecule has 0 atom stereocenters. The first-order valence-electron chi connectivity index (χ1n) is 9.00. The van der Waals surface area contributed by atoms with Gasteiger partial charge in [0.2, 0.25) is 5.91 Å². The molecule has 2 aromatic heterocycles. The van der Waals surface area contributed by atoms with Crippen LogP contribution < -0.4 is 15.4 Å². The number of methoxy groups -OCH3 is 1. The summed E-state index contributed by atoms with van der Waals surface area (Å²) in [6.07, 6.45) is -0.117. The highest BCUT2D eigenvalue weighted by atomic mass is 32.1. The van der Waals surface area contributed by atoms with Gasteiger partial charge in [-0.15, -0.1) is 11.3 Å². The molecule has 2 aromatic carbocycles. The number of benzene rings is 2. The van der Waals surface area contributed by atoms with E-state index in [1.54, 1.807) is 55.6 Å². The summed E-state index contributed by atoms with van der Waals surface area (Å²) in [4.78, 5) is 26.0. The molecule has 152 valence electrons. The van der Waals surface area contributed by atoms with Crippen molar-refractivity contribution < 1.29 is 18.7 Å². The van der Waals surface area contributed by atoms with Gasteiger partial charge in [-0.05, 0) is 29.8 Å². The third kappa shape index (κ3) is 4.15. The SMILES string of the molecule is COc1cccc(NC(=O)c2cc3c(NC(=O)Cc4ccccc4F)n[nH]c3s2)c1. The molecule has 3 N–H and O–H groups in total. The average molecular weight is 424 g/mol. The molecule has 0 aliphatic rings. The normalized spacial score (nSPS) is 10.7. The van der Waals surface area contributed by atoms with E-state index in [2.05, 4.69) is 20.8 Å². The van der Waals surface area contributed by atoms with Gasteiger partial charge in [-0.1, -0.05) is 24.3 Å². The number of amides is 2. The van der Waals surface area contributed by atoms with Crippen molar-refractivity contribution in [1.82, 2.24) is 10.2 Å². The minimum Gasteiger partial charge on any atom is -0.497 e. The lowest BCUT2D eigenvalue weighted by atomic mass is 10.1. The lowest BCUT2D eigenvalue weighted by molar-refractivity contribution is -0.115. The first-order chi connectivity index (χ1) is 14.5. The Hall–Kier alpha value is -3.72. The van der Waals surface area contributed by atoms with E-state index in [-0.39, 0.29) is 12.3 Å². The van der Waals surface area contributed by atoms with Crippen LogP contribution in [0.3, 0.4) is 0 Å². The molecule has 0 fully saturated rings. The molecule has 0 radical (unpaired) electrons. The smallest absolute Gasteiger partial charge is 0.265 e. The third-order valence-corrected chi connectivity index (χ3v) is 5.41. The summed E-state index contributed by atoms with van der Waals surface area (Å²) < 4.78 is 18.9. The van der Waals surface area contributed by atoms with Crippen LogP contribution in [-0.4, -0.2) is 29.1 Å². The second-order valence-electron chi connectivity index (χ2n) is 6.43. The fraction of sp³-hybridized carbons (Fsp3) is 0.0952. The van der Waals surface area contributed by atoms with Crippen LogP contribution in [0.1, 0.15) is 15.2 Å². The third-order valence-electron chi connectivity index (χ3n) is 4.37. The molecule has 0 aliphatic carbocycles. The number of aromatic nitrogens is 2. The fourth-order valence-corrected chi connectivity index (χ4v) is 3.81. The van der Waals surface area contributed by atoms with Gasteiger partial charge >= 0.3 is 0 Å². The van der Waals surface area contributed by atoms with Crippen LogP contribution in [0.15, 0.2) is 54.6 Å². The predicted molar refractivity (Wildman–Crippen MR) is 114 cm³/mol. The van der Waals surface area contributed by atoms with E-state index in [4.69, 9.17) is 4.74 Å². The minimum absolute atomic E-state index is 0.117. The Morgan fingerprint density at radius 1 is 1.13 bits per heavy atom. The molecule has 30 heavy (non-hydrogen) atoms. The van der Waals surface area contributed by atoms with Gasteiger partial charge in [0.15, 0.2) is 5.82 Å². The quantitative estimate of drug-likeness (QED) is 0.432. The maximum absolute atomic E-state index is 13.7. The van der Waals surface area contributed by atoms with Crippen LogP contribution in [0.4, 0.5) is 15.9 Å². The molecule has 0 saturated carbocycles. The Morgan fingerprint density at radius 3 is 2.77 bits per heavy atom. The van der Waals surface area contributed by atoms with Gasteiger partial charge in [-0.3, -0.25) is 14.7 Å². The zero-order valence-electron chi connectivity index (χ0n) is 15.9. The zero-order chi connectivity index (χ0) is 21.1. The Morgan fingerprint density at radius 2 is 1.97 bits per heavy atom. The average Bonchev–Trinajstić information content (AvgIpc) is 3.32. The van der Waals surface area contributed by atoms with Gasteiger partial charge in [-0.2, -0.15) is 5.10 Å². The number of halogens is 1. The Balaban J connectivity index is 1.48. The van der Waals surface area contributed by atoms with Crippen molar-refractivity contribution in [2.75, 3.05) is 17.7 Å². The number of nitrogens with zero attached hydrogens (tertiary/aromatic N) is 1. The maximum atomic E-state index is 13.7. The van der Waals surface area contributed by atoms with Gasteiger partial charge < -0.3 is 15.4 Å². The van der Waals surface area contributed by atoms with E-state index in [0.717, 1.165) is 0 Å². The summed E-state index contributed by atoms with van der Waals surface area (Å²) in [6.45, 7) is 0. The molecule has 4 aromatic rings. The number of aromatic amines is 1. The monoisotopic (exact) mass is 424 g/mol. The standard InChI is InChI=1S/C21H17FN4O3S/c1-29-14-7-4-6-13(10-14)23-20(28)17-11-15-19(25-26-21(15)30-17)24-18(27)9-12-5-2-3-8-16(12)22/h2-8,10-11H,9H2,1H3,(H,23,28)(H2,24,25,26,27). The molecule has 0 saturated heterocycles. The number of hydrogen-bond acceptors (Lipinski definition) is 5. The second-order valence-corrected chi connectivity index (χ2v) is 7.48. The van der Waals surface area contributed by atoms with Gasteiger partial charge in [0, 0.05) is 11.8 Å². The molecular formula is C21H17FN4O3S. The van der Waals surface area contributed by atoms with Gasteiger partial charge in [0.1, 0.15) is 16.4 Å². The summed E-state index contributed by atoms with van der Waals surface area (Å²) in [6, 6.07) is 14.8.